The van der Waals surface area contributed by atoms with Crippen molar-refractivity contribution in [3.05, 3.63) is 0 Å². The van der Waals surface area contributed by atoms with Gasteiger partial charge in [0, 0.05) is 6.42 Å². The topological polar surface area (TPSA) is 116 Å². The summed E-state index contributed by atoms with van der Waals surface area (Å²) in [6, 6.07) is 0. The first kappa shape index (κ1) is 30.0. The van der Waals surface area contributed by atoms with Gasteiger partial charge in [0.2, 0.25) is 0 Å². The number of unbranched alkanes of at least 4 members (excludes halogenated alkanes) is 8. The summed E-state index contributed by atoms with van der Waals surface area (Å²) in [6.07, 6.45) is 8.53. The van der Waals surface area contributed by atoms with Gasteiger partial charge in [-0.15, -0.1) is 0 Å². The molecule has 0 aromatic carbocycles. The Kier molecular flexibility index (Phi) is 16.5. The van der Waals surface area contributed by atoms with E-state index < -0.39 is 41.6 Å². The van der Waals surface area contributed by atoms with E-state index in [1.54, 1.807) is 13.8 Å². The van der Waals surface area contributed by atoms with E-state index in [1.165, 1.54) is 32.6 Å². The summed E-state index contributed by atoms with van der Waals surface area (Å²) in [4.78, 5) is 50.1. The van der Waals surface area contributed by atoms with Gasteiger partial charge in [-0.1, -0.05) is 58.3 Å². The highest BCUT2D eigenvalue weighted by atomic mass is 16.6. The van der Waals surface area contributed by atoms with Crippen LogP contribution in [0.3, 0.4) is 0 Å². The molecule has 8 nitrogen and oxygen atoms in total. The Balaban J connectivity index is 5.18. The number of hydrogen-bond donors (Lipinski definition) is 1. The van der Waals surface area contributed by atoms with Gasteiger partial charge in [-0.3, -0.25) is 14.4 Å². The maximum atomic E-state index is 12.9. The Morgan fingerprint density at radius 2 is 1.22 bits per heavy atom. The quantitative estimate of drug-likeness (QED) is 0.134. The zero-order chi connectivity index (χ0) is 24.4. The second-order valence-corrected chi connectivity index (χ2v) is 7.86. The van der Waals surface area contributed by atoms with E-state index in [4.69, 9.17) is 14.2 Å². The van der Waals surface area contributed by atoms with E-state index in [0.29, 0.717) is 6.42 Å². The molecule has 0 fully saturated rings. The zero-order valence-corrected chi connectivity index (χ0v) is 20.3. The van der Waals surface area contributed by atoms with Crippen LogP contribution >= 0.6 is 0 Å². The Morgan fingerprint density at radius 1 is 0.719 bits per heavy atom. The van der Waals surface area contributed by atoms with Crippen molar-refractivity contribution in [2.75, 3.05) is 19.8 Å². The van der Waals surface area contributed by atoms with Crippen LogP contribution in [-0.4, -0.2) is 54.2 Å². The summed E-state index contributed by atoms with van der Waals surface area (Å²) in [5, 5.41) is 11.1. The van der Waals surface area contributed by atoms with E-state index in [0.717, 1.165) is 25.7 Å². The minimum atomic E-state index is -2.68. The number of carbonyl (C=O) groups excluding carboxylic acids is 4. The predicted molar refractivity (Wildman–Crippen MR) is 120 cm³/mol. The maximum absolute atomic E-state index is 12.9. The fourth-order valence-electron chi connectivity index (χ4n) is 3.55. The molecule has 1 N–H and O–H groups in total. The van der Waals surface area contributed by atoms with Crippen molar-refractivity contribution >= 4 is 23.7 Å². The van der Waals surface area contributed by atoms with Crippen molar-refractivity contribution in [2.24, 2.45) is 5.92 Å². The average Bonchev–Trinajstić information content (AvgIpc) is 2.73. The number of Topliss-reactive ketones (excluding diaryl/α,β-unsaturated/α-hetero) is 1. The van der Waals surface area contributed by atoms with Gasteiger partial charge in [0.25, 0.3) is 0 Å². The lowest BCUT2D eigenvalue weighted by Crippen LogP contribution is -2.55. The number of rotatable bonds is 19. The van der Waals surface area contributed by atoms with Crippen LogP contribution in [0.4, 0.5) is 0 Å². The second kappa shape index (κ2) is 17.6. The van der Waals surface area contributed by atoms with Crippen molar-refractivity contribution in [2.45, 2.75) is 104 Å². The van der Waals surface area contributed by atoms with Crippen LogP contribution < -0.4 is 0 Å². The van der Waals surface area contributed by atoms with Crippen LogP contribution in [0.2, 0.25) is 0 Å². The molecule has 0 aliphatic rings. The molecule has 0 heterocycles. The molecule has 32 heavy (non-hydrogen) atoms. The monoisotopic (exact) mass is 458 g/mol. The Bertz CT molecular complexity index is 574. The summed E-state index contributed by atoms with van der Waals surface area (Å²) < 4.78 is 14.7. The number of ether oxygens (including phenoxy) is 3. The first-order chi connectivity index (χ1) is 15.3. The third-order valence-electron chi connectivity index (χ3n) is 5.20. The lowest BCUT2D eigenvalue weighted by Gasteiger charge is -2.30. The SMILES string of the molecule is CCCCCCCCCCCC(=O)C(C(=O)OCC)C(O)(CC(=O)OCC)C(=O)OCC. The first-order valence-corrected chi connectivity index (χ1v) is 12.0. The second-order valence-electron chi connectivity index (χ2n) is 7.86. The first-order valence-electron chi connectivity index (χ1n) is 12.0. The summed E-state index contributed by atoms with van der Waals surface area (Å²) in [6.45, 7) is 6.70. The molecule has 0 saturated carbocycles. The molecule has 0 bridgehead atoms. The van der Waals surface area contributed by atoms with Crippen molar-refractivity contribution in [1.29, 1.82) is 0 Å². The lowest BCUT2D eigenvalue weighted by atomic mass is 9.80. The standard InChI is InChI=1S/C24H42O8/c1-5-9-10-11-12-13-14-15-16-17-19(25)21(22(27)31-7-3)24(29,23(28)32-8-4)18-20(26)30-6-2/h21,29H,5-18H2,1-4H3. The highest BCUT2D eigenvalue weighted by Gasteiger charge is 2.55. The summed E-state index contributed by atoms with van der Waals surface area (Å²) in [5.41, 5.74) is -2.68. The third-order valence-corrected chi connectivity index (χ3v) is 5.20. The zero-order valence-electron chi connectivity index (χ0n) is 20.3. The number of esters is 3. The van der Waals surface area contributed by atoms with E-state index in [-0.39, 0.29) is 26.2 Å². The predicted octanol–water partition coefficient (Wildman–Crippen LogP) is 3.90. The van der Waals surface area contributed by atoms with E-state index in [2.05, 4.69) is 6.92 Å². The highest BCUT2D eigenvalue weighted by Crippen LogP contribution is 2.29. The van der Waals surface area contributed by atoms with Crippen molar-refractivity contribution < 1.29 is 38.5 Å². The van der Waals surface area contributed by atoms with Gasteiger partial charge in [-0.2, -0.15) is 0 Å². The summed E-state index contributed by atoms with van der Waals surface area (Å²) >= 11 is 0. The molecular formula is C24H42O8. The van der Waals surface area contributed by atoms with Crippen molar-refractivity contribution in [3.63, 3.8) is 0 Å². The summed E-state index contributed by atoms with van der Waals surface area (Å²) in [5.74, 6) is -5.67. The van der Waals surface area contributed by atoms with Gasteiger partial charge in [0.05, 0.1) is 26.2 Å². The molecule has 0 amide bonds. The fourth-order valence-corrected chi connectivity index (χ4v) is 3.55. The molecule has 0 saturated heterocycles. The van der Waals surface area contributed by atoms with Crippen LogP contribution in [0.15, 0.2) is 0 Å². The Hall–Kier alpha value is -1.96. The van der Waals surface area contributed by atoms with E-state index in [1.807, 2.05) is 0 Å². The van der Waals surface area contributed by atoms with Crippen molar-refractivity contribution in [3.8, 4) is 0 Å². The van der Waals surface area contributed by atoms with Gasteiger partial charge in [0.15, 0.2) is 17.3 Å². The molecule has 8 heteroatoms. The number of ketones is 1. The third kappa shape index (κ3) is 11.1. The van der Waals surface area contributed by atoms with Crippen molar-refractivity contribution in [1.82, 2.24) is 0 Å². The average molecular weight is 459 g/mol. The van der Waals surface area contributed by atoms with Gasteiger partial charge < -0.3 is 19.3 Å². The smallest absolute Gasteiger partial charge is 0.340 e. The van der Waals surface area contributed by atoms with Crippen LogP contribution in [0, 0.1) is 5.92 Å². The van der Waals surface area contributed by atoms with Gasteiger partial charge in [-0.25, -0.2) is 4.79 Å². The minimum absolute atomic E-state index is 0.0101. The molecule has 0 aromatic rings. The maximum Gasteiger partial charge on any atom is 0.340 e. The van der Waals surface area contributed by atoms with Gasteiger partial charge in [-0.05, 0) is 27.2 Å². The fraction of sp³-hybridized carbons (Fsp3) is 0.833. The Labute approximate surface area is 192 Å². The molecular weight excluding hydrogens is 416 g/mol. The van der Waals surface area contributed by atoms with Crippen LogP contribution in [0.25, 0.3) is 0 Å². The number of carbonyl (C=O) groups is 4. The normalized spacial score (nSPS) is 13.7. The molecule has 2 unspecified atom stereocenters. The molecule has 0 spiro atoms. The summed E-state index contributed by atoms with van der Waals surface area (Å²) in [7, 11) is 0. The van der Waals surface area contributed by atoms with Gasteiger partial charge in [0.1, 0.15) is 0 Å². The van der Waals surface area contributed by atoms with Crippen LogP contribution in [0.1, 0.15) is 98.3 Å². The van der Waals surface area contributed by atoms with Gasteiger partial charge >= 0.3 is 17.9 Å². The van der Waals surface area contributed by atoms with Crippen LogP contribution in [0.5, 0.6) is 0 Å². The van der Waals surface area contributed by atoms with Crippen LogP contribution in [-0.2, 0) is 33.4 Å². The molecule has 0 aliphatic carbocycles. The van der Waals surface area contributed by atoms with E-state index in [9.17, 15) is 24.3 Å². The molecule has 2 atom stereocenters. The highest BCUT2D eigenvalue weighted by molar-refractivity contribution is 6.06. The minimum Gasteiger partial charge on any atom is -0.466 e. The molecule has 0 aromatic heterocycles. The largest absolute Gasteiger partial charge is 0.466 e. The number of aliphatic hydroxyl groups is 1. The number of hydrogen-bond acceptors (Lipinski definition) is 8. The molecule has 0 rings (SSSR count). The molecule has 186 valence electrons. The molecule has 0 radical (unpaired) electrons. The lowest BCUT2D eigenvalue weighted by molar-refractivity contribution is -0.187. The molecule has 0 aliphatic heterocycles. The Morgan fingerprint density at radius 3 is 1.72 bits per heavy atom. The van der Waals surface area contributed by atoms with E-state index >= 15 is 0 Å².